The fourth-order valence-electron chi connectivity index (χ4n) is 12.3. The van der Waals surface area contributed by atoms with Crippen molar-refractivity contribution in [3.63, 3.8) is 0 Å². The fraction of sp³-hybridized carbons (Fsp3) is 0.581. The summed E-state index contributed by atoms with van der Waals surface area (Å²) < 4.78 is 16.2. The summed E-state index contributed by atoms with van der Waals surface area (Å²) in [7, 11) is 0. The highest BCUT2D eigenvalue weighted by Crippen LogP contribution is 2.44. The minimum atomic E-state index is -0.924. The maximum absolute atomic E-state index is 13.2. The van der Waals surface area contributed by atoms with Gasteiger partial charge in [-0.15, -0.1) is 0 Å². The molecule has 9 N–H and O–H groups in total. The Morgan fingerprint density at radius 1 is 0.538 bits per heavy atom. The number of nitrogens with two attached hydrogens (primary N) is 2. The second-order valence-corrected chi connectivity index (χ2v) is 27.8. The van der Waals surface area contributed by atoms with E-state index in [1.165, 1.54) is 40.3 Å². The number of benzene rings is 2. The molecule has 0 aromatic heterocycles. The van der Waals surface area contributed by atoms with Gasteiger partial charge in [0.15, 0.2) is 0 Å². The number of hydrogen-bond donors (Lipinski definition) is 7. The molecule has 0 radical (unpaired) electrons. The van der Waals surface area contributed by atoms with Gasteiger partial charge in [-0.3, -0.25) is 53.0 Å². The molecule has 6 atom stereocenters. The van der Waals surface area contributed by atoms with E-state index in [1.54, 1.807) is 51.3 Å². The number of rotatable bonds is 29. The van der Waals surface area contributed by atoms with Crippen molar-refractivity contribution < 1.29 is 76.9 Å². The van der Waals surface area contributed by atoms with Crippen LogP contribution in [0.25, 0.3) is 11.1 Å². The highest BCUT2D eigenvalue weighted by Gasteiger charge is 2.38. The van der Waals surface area contributed by atoms with E-state index in [1.807, 2.05) is 24.3 Å². The van der Waals surface area contributed by atoms with Gasteiger partial charge in [0.25, 0.3) is 23.6 Å². The van der Waals surface area contributed by atoms with Crippen molar-refractivity contribution in [1.29, 1.82) is 15.8 Å². The predicted octanol–water partition coefficient (Wildman–Crippen LogP) is 6.22. The zero-order chi connectivity index (χ0) is 76.5. The predicted molar refractivity (Wildman–Crippen MR) is 380 cm³/mol. The lowest BCUT2D eigenvalue weighted by atomic mass is 9.98. The zero-order valence-electron chi connectivity index (χ0n) is 60.6. The molecule has 8 rings (SSSR count). The molecule has 104 heavy (non-hydrogen) atoms. The van der Waals surface area contributed by atoms with Crippen LogP contribution in [0.5, 0.6) is 0 Å². The molecule has 0 bridgehead atoms. The summed E-state index contributed by atoms with van der Waals surface area (Å²) in [6.07, 6.45) is 13.8. The number of unbranched alkanes of at least 4 members (excludes halogenated alkanes) is 3. The van der Waals surface area contributed by atoms with Crippen LogP contribution in [0.15, 0.2) is 72.8 Å². The van der Waals surface area contributed by atoms with Crippen LogP contribution in [0.4, 0.5) is 14.4 Å². The molecule has 0 unspecified atom stereocenters. The first-order chi connectivity index (χ1) is 49.5. The Kier molecular flexibility index (Phi) is 34.4. The van der Waals surface area contributed by atoms with Gasteiger partial charge in [0.05, 0.1) is 24.2 Å². The molecule has 2 aromatic rings. The number of carboxylic acids is 1. The van der Waals surface area contributed by atoms with Crippen LogP contribution in [0.3, 0.4) is 0 Å². The SMILES string of the molecule is CC(C)(C)OC(=O)N[C@@H](CCCCN)C(=O)N1CCC[C@H]1C#N.CC(C)(C)OC(=O)N[C@@H](CCCCNC(=O)OCC1c2ccccc2-c2ccccc21)C(=O)N1CCC[C@H]1C#N.N#C[C@@H]1CCCN1C(=O)[C@@H](N)CCCCNC(=O)CCCN1C(=O)C=CC1=O.O=C(O)CCCN1C(=O)C=CC1=O. The Hall–Kier alpha value is -10.3. The molecule has 5 aliphatic heterocycles. The topological polar surface area (TPSA) is 440 Å². The summed E-state index contributed by atoms with van der Waals surface area (Å²) >= 11 is 0. The number of likely N-dealkylation sites (tertiary alicyclic amines) is 3. The lowest BCUT2D eigenvalue weighted by Crippen LogP contribution is -2.50. The van der Waals surface area contributed by atoms with Crippen LogP contribution in [0.2, 0.25) is 0 Å². The number of aliphatic carboxylic acids is 1. The summed E-state index contributed by atoms with van der Waals surface area (Å²) in [4.78, 5) is 148. The molecule has 1 aliphatic carbocycles. The molecule has 3 fully saturated rings. The lowest BCUT2D eigenvalue weighted by molar-refractivity contribution is -0.140. The van der Waals surface area contributed by atoms with E-state index in [-0.39, 0.29) is 91.8 Å². The van der Waals surface area contributed by atoms with Crippen molar-refractivity contribution in [2.45, 2.75) is 217 Å². The van der Waals surface area contributed by atoms with Crippen molar-refractivity contribution in [3.05, 3.63) is 84.0 Å². The van der Waals surface area contributed by atoms with Gasteiger partial charge < -0.3 is 66.8 Å². The quantitative estimate of drug-likeness (QED) is 0.0270. The van der Waals surface area contributed by atoms with Gasteiger partial charge in [0.2, 0.25) is 23.6 Å². The third kappa shape index (κ3) is 27.5. The monoisotopic (exact) mass is 1440 g/mol. The number of carboxylic acid groups (broad SMARTS) is 1. The van der Waals surface area contributed by atoms with E-state index in [4.69, 9.17) is 41.3 Å². The number of carbonyl (C=O) groups is 12. The average molecular weight is 1440 g/mol. The molecule has 30 nitrogen and oxygen atoms in total. The molecular formula is C74H102N14O16. The van der Waals surface area contributed by atoms with E-state index in [0.717, 1.165) is 53.0 Å². The van der Waals surface area contributed by atoms with Crippen molar-refractivity contribution in [2.24, 2.45) is 11.5 Å². The van der Waals surface area contributed by atoms with Gasteiger partial charge in [-0.05, 0) is 179 Å². The van der Waals surface area contributed by atoms with E-state index < -0.39 is 65.7 Å². The summed E-state index contributed by atoms with van der Waals surface area (Å²) in [5.74, 6) is -3.14. The molecule has 0 spiro atoms. The Morgan fingerprint density at radius 2 is 0.933 bits per heavy atom. The third-order valence-corrected chi connectivity index (χ3v) is 17.5. The fourth-order valence-corrected chi connectivity index (χ4v) is 12.3. The van der Waals surface area contributed by atoms with E-state index >= 15 is 0 Å². The number of ether oxygens (including phenoxy) is 3. The van der Waals surface area contributed by atoms with E-state index in [0.29, 0.717) is 116 Å². The Morgan fingerprint density at radius 3 is 1.35 bits per heavy atom. The highest BCUT2D eigenvalue weighted by molar-refractivity contribution is 6.13. The molecule has 3 saturated heterocycles. The molecule has 30 heteroatoms. The zero-order valence-corrected chi connectivity index (χ0v) is 60.6. The summed E-state index contributed by atoms with van der Waals surface area (Å²) in [6.45, 7) is 14.2. The Bertz CT molecular complexity index is 3450. The minimum Gasteiger partial charge on any atom is -0.481 e. The highest BCUT2D eigenvalue weighted by atomic mass is 16.6. The first kappa shape index (κ1) is 84.4. The molecule has 5 heterocycles. The van der Waals surface area contributed by atoms with Crippen LogP contribution in [-0.4, -0.2) is 208 Å². The second kappa shape index (κ2) is 42.4. The number of carbonyl (C=O) groups excluding carboxylic acids is 11. The molecule has 11 amide bonds. The van der Waals surface area contributed by atoms with Crippen molar-refractivity contribution in [2.75, 3.05) is 59.0 Å². The van der Waals surface area contributed by atoms with Gasteiger partial charge in [-0.25, -0.2) is 14.4 Å². The Balaban J connectivity index is 0.000000266. The van der Waals surface area contributed by atoms with Crippen molar-refractivity contribution in [3.8, 4) is 29.3 Å². The Labute approximate surface area is 608 Å². The molecule has 6 aliphatic rings. The van der Waals surface area contributed by atoms with Crippen LogP contribution >= 0.6 is 0 Å². The summed E-state index contributed by atoms with van der Waals surface area (Å²) in [5, 5.41) is 46.8. The summed E-state index contributed by atoms with van der Waals surface area (Å²) in [5.41, 5.74) is 14.8. The van der Waals surface area contributed by atoms with E-state index in [2.05, 4.69) is 63.7 Å². The number of fused-ring (bicyclic) bond motifs is 3. The van der Waals surface area contributed by atoms with Crippen LogP contribution in [0.1, 0.15) is 181 Å². The third-order valence-electron chi connectivity index (χ3n) is 17.5. The number of hydrogen-bond acceptors (Lipinski definition) is 20. The first-order valence-electron chi connectivity index (χ1n) is 35.7. The maximum atomic E-state index is 13.2. The number of nitriles is 3. The van der Waals surface area contributed by atoms with Crippen molar-refractivity contribution >= 4 is 71.5 Å². The van der Waals surface area contributed by atoms with Crippen LogP contribution in [-0.2, 0) is 57.4 Å². The first-order valence-corrected chi connectivity index (χ1v) is 35.7. The number of nitrogens with one attached hydrogen (secondary N) is 4. The van der Waals surface area contributed by atoms with Gasteiger partial charge in [-0.1, -0.05) is 48.5 Å². The number of nitrogens with zero attached hydrogens (tertiary/aromatic N) is 8. The van der Waals surface area contributed by atoms with Gasteiger partial charge in [0, 0.05) is 88.9 Å². The second-order valence-electron chi connectivity index (χ2n) is 27.8. The smallest absolute Gasteiger partial charge is 0.408 e. The number of amides is 11. The molecular weight excluding hydrogens is 1340 g/mol. The van der Waals surface area contributed by atoms with Gasteiger partial charge in [-0.2, -0.15) is 15.8 Å². The molecule has 564 valence electrons. The standard InChI is InChI=1S/C31H38N4O5.C19H27N5O4.C16H28N4O3.C8H9NO4/c1-31(2,3)40-30(38)34-27(28(36)35-18-10-11-21(35)19-32)16-8-9-17-33-29(37)39-20-26-24-14-6-4-12-22(24)23-13-5-7-15-25(23)26;20-13-14-5-3-11-23(14)19(28)15(21)6-1-2-10-22-16(25)7-4-12-24-17(26)8-9-18(24)27;1-16(2,3)23-15(22)19-13(8-4-5-9-17)14(21)20-10-6-7-12(20)11-18;10-6-3-4-7(11)9(6)5-1-2-8(12)13/h4-7,12-15,21,26-27H,8-11,16-18,20H2,1-3H3,(H,33,37)(H,34,38);8-9,14-15H,1-7,10-12,21H2,(H,22,25);12-13H,4-10,17H2,1-3H3,(H,19,22);3-4H,1-2,5H2,(H,12,13)/t21-,27-;14-,15-;12-,13-;/m000./s1. The van der Waals surface area contributed by atoms with Crippen LogP contribution in [0, 0.1) is 34.0 Å². The number of alkyl carbamates (subject to hydrolysis) is 3. The number of imide groups is 2. The van der Waals surface area contributed by atoms with Gasteiger partial charge in [0.1, 0.15) is 48.0 Å². The maximum Gasteiger partial charge on any atom is 0.408 e. The average Bonchev–Trinajstić information content (AvgIpc) is 1.62. The van der Waals surface area contributed by atoms with Crippen molar-refractivity contribution in [1.82, 2.24) is 45.8 Å². The largest absolute Gasteiger partial charge is 0.481 e. The normalized spacial score (nSPS) is 18.0. The molecule has 2 aromatic carbocycles. The summed E-state index contributed by atoms with van der Waals surface area (Å²) in [6, 6.07) is 19.5. The van der Waals surface area contributed by atoms with E-state index in [9.17, 15) is 62.8 Å². The lowest BCUT2D eigenvalue weighted by Gasteiger charge is -2.27. The molecule has 0 saturated carbocycles. The van der Waals surface area contributed by atoms with Crippen LogP contribution < -0.4 is 32.7 Å². The minimum absolute atomic E-state index is 0.00771. The van der Waals surface area contributed by atoms with Gasteiger partial charge >= 0.3 is 24.2 Å².